The smallest absolute Gasteiger partial charge is 0.307 e. The van der Waals surface area contributed by atoms with E-state index in [4.69, 9.17) is 9.15 Å². The summed E-state index contributed by atoms with van der Waals surface area (Å²) in [6.07, 6.45) is 0.0956. The van der Waals surface area contributed by atoms with Crippen LogP contribution in [-0.4, -0.2) is 25.5 Å². The maximum Gasteiger partial charge on any atom is 0.307 e. The summed E-state index contributed by atoms with van der Waals surface area (Å²) in [5.74, 6) is 0.112. The lowest BCUT2D eigenvalue weighted by atomic mass is 10.1. The number of para-hydroxylation sites is 2. The lowest BCUT2D eigenvalue weighted by Gasteiger charge is -2.07. The standard InChI is InChI=1S/C20H19NO5/c1-24-18(22)11-12-21-20(23)19-16(13-25-14-7-3-2-4-8-14)15-9-5-6-10-17(15)26-19/h2-10H,11-13H2,1H3,(H,21,23). The van der Waals surface area contributed by atoms with Gasteiger partial charge in [-0.25, -0.2) is 0 Å². The number of nitrogens with one attached hydrogen (secondary N) is 1. The van der Waals surface area contributed by atoms with Crippen LogP contribution in [0.25, 0.3) is 11.0 Å². The zero-order valence-electron chi connectivity index (χ0n) is 14.4. The fourth-order valence-electron chi connectivity index (χ4n) is 2.56. The average Bonchev–Trinajstić information content (AvgIpc) is 3.05. The van der Waals surface area contributed by atoms with Gasteiger partial charge in [-0.15, -0.1) is 0 Å². The molecule has 0 unspecified atom stereocenters. The van der Waals surface area contributed by atoms with Crippen molar-refractivity contribution in [2.24, 2.45) is 0 Å². The van der Waals surface area contributed by atoms with Gasteiger partial charge in [-0.3, -0.25) is 9.59 Å². The van der Waals surface area contributed by atoms with Crippen LogP contribution in [-0.2, 0) is 16.1 Å². The maximum atomic E-state index is 12.5. The molecule has 1 aromatic heterocycles. The summed E-state index contributed by atoms with van der Waals surface area (Å²) in [7, 11) is 1.31. The summed E-state index contributed by atoms with van der Waals surface area (Å²) >= 11 is 0. The predicted molar refractivity (Wildman–Crippen MR) is 96.0 cm³/mol. The van der Waals surface area contributed by atoms with Crippen molar-refractivity contribution in [1.29, 1.82) is 0 Å². The summed E-state index contributed by atoms with van der Waals surface area (Å²) in [5.41, 5.74) is 1.28. The minimum atomic E-state index is -0.392. The van der Waals surface area contributed by atoms with Gasteiger partial charge in [0.2, 0.25) is 0 Å². The monoisotopic (exact) mass is 353 g/mol. The van der Waals surface area contributed by atoms with Crippen molar-refractivity contribution in [3.05, 3.63) is 65.9 Å². The van der Waals surface area contributed by atoms with E-state index < -0.39 is 5.91 Å². The molecule has 2 aromatic carbocycles. The summed E-state index contributed by atoms with van der Waals surface area (Å²) in [4.78, 5) is 23.7. The molecule has 0 spiro atoms. The van der Waals surface area contributed by atoms with Gasteiger partial charge < -0.3 is 19.2 Å². The molecule has 3 rings (SSSR count). The third-order valence-electron chi connectivity index (χ3n) is 3.87. The van der Waals surface area contributed by atoms with Crippen LogP contribution in [0.2, 0.25) is 0 Å². The van der Waals surface area contributed by atoms with Crippen LogP contribution in [0.5, 0.6) is 5.75 Å². The molecule has 3 aromatic rings. The Labute approximate surface area is 150 Å². The molecule has 0 bridgehead atoms. The number of esters is 1. The molecule has 6 heteroatoms. The van der Waals surface area contributed by atoms with Crippen molar-refractivity contribution in [3.63, 3.8) is 0 Å². The molecular weight excluding hydrogens is 334 g/mol. The van der Waals surface area contributed by atoms with Crippen LogP contribution in [0.4, 0.5) is 0 Å². The van der Waals surface area contributed by atoms with E-state index in [1.54, 1.807) is 6.07 Å². The van der Waals surface area contributed by atoms with Crippen molar-refractivity contribution in [2.45, 2.75) is 13.0 Å². The van der Waals surface area contributed by atoms with Gasteiger partial charge in [0.05, 0.1) is 13.5 Å². The molecule has 0 radical (unpaired) electrons. The fourth-order valence-corrected chi connectivity index (χ4v) is 2.56. The van der Waals surface area contributed by atoms with E-state index in [0.717, 1.165) is 5.39 Å². The first-order chi connectivity index (χ1) is 12.7. The minimum absolute atomic E-state index is 0.0956. The average molecular weight is 353 g/mol. The van der Waals surface area contributed by atoms with Gasteiger partial charge in [0.25, 0.3) is 5.91 Å². The van der Waals surface area contributed by atoms with E-state index in [-0.39, 0.29) is 31.3 Å². The normalized spacial score (nSPS) is 10.5. The van der Waals surface area contributed by atoms with Gasteiger partial charge in [0, 0.05) is 17.5 Å². The second kappa shape index (κ2) is 8.20. The maximum absolute atomic E-state index is 12.5. The molecule has 134 valence electrons. The van der Waals surface area contributed by atoms with E-state index >= 15 is 0 Å². The third kappa shape index (κ3) is 4.03. The van der Waals surface area contributed by atoms with Gasteiger partial charge in [0.1, 0.15) is 17.9 Å². The molecule has 0 saturated carbocycles. The molecule has 0 aliphatic carbocycles. The summed E-state index contributed by atoms with van der Waals surface area (Å²) in [6, 6.07) is 16.7. The van der Waals surface area contributed by atoms with E-state index in [1.807, 2.05) is 48.5 Å². The van der Waals surface area contributed by atoms with E-state index in [1.165, 1.54) is 7.11 Å². The fraction of sp³-hybridized carbons (Fsp3) is 0.200. The van der Waals surface area contributed by atoms with Crippen LogP contribution >= 0.6 is 0 Å². The highest BCUT2D eigenvalue weighted by Gasteiger charge is 2.21. The number of ether oxygens (including phenoxy) is 2. The number of rotatable bonds is 7. The molecule has 0 atom stereocenters. The van der Waals surface area contributed by atoms with Crippen molar-refractivity contribution in [3.8, 4) is 5.75 Å². The molecule has 1 heterocycles. The third-order valence-corrected chi connectivity index (χ3v) is 3.87. The van der Waals surface area contributed by atoms with Crippen LogP contribution in [0.3, 0.4) is 0 Å². The minimum Gasteiger partial charge on any atom is -0.489 e. The first kappa shape index (κ1) is 17.5. The van der Waals surface area contributed by atoms with Crippen LogP contribution in [0.1, 0.15) is 22.5 Å². The molecule has 1 N–H and O–H groups in total. The highest BCUT2D eigenvalue weighted by Crippen LogP contribution is 2.27. The number of hydrogen-bond donors (Lipinski definition) is 1. The van der Waals surface area contributed by atoms with Crippen molar-refractivity contribution in [1.82, 2.24) is 5.32 Å². The molecular formula is C20H19NO5. The van der Waals surface area contributed by atoms with E-state index in [2.05, 4.69) is 10.1 Å². The first-order valence-electron chi connectivity index (χ1n) is 8.22. The van der Waals surface area contributed by atoms with Crippen LogP contribution in [0.15, 0.2) is 59.0 Å². The number of furan rings is 1. The number of carbonyl (C=O) groups is 2. The number of amides is 1. The summed E-state index contributed by atoms with van der Waals surface area (Å²) < 4.78 is 16.1. The Morgan fingerprint density at radius 2 is 1.77 bits per heavy atom. The highest BCUT2D eigenvalue weighted by molar-refractivity contribution is 5.99. The van der Waals surface area contributed by atoms with Gasteiger partial charge in [-0.05, 0) is 18.2 Å². The lowest BCUT2D eigenvalue weighted by molar-refractivity contribution is -0.140. The molecule has 6 nitrogen and oxygen atoms in total. The highest BCUT2D eigenvalue weighted by atomic mass is 16.5. The second-order valence-electron chi connectivity index (χ2n) is 5.59. The molecule has 26 heavy (non-hydrogen) atoms. The topological polar surface area (TPSA) is 77.8 Å². The molecule has 0 saturated heterocycles. The quantitative estimate of drug-likeness (QED) is 0.660. The number of benzene rings is 2. The van der Waals surface area contributed by atoms with Gasteiger partial charge >= 0.3 is 5.97 Å². The van der Waals surface area contributed by atoms with Crippen LogP contribution in [0, 0.1) is 0 Å². The molecule has 0 aliphatic heterocycles. The summed E-state index contributed by atoms with van der Waals surface area (Å²) in [6.45, 7) is 0.363. The Morgan fingerprint density at radius 3 is 2.54 bits per heavy atom. The molecule has 1 amide bonds. The number of methoxy groups -OCH3 is 1. The molecule has 0 aliphatic rings. The first-order valence-corrected chi connectivity index (χ1v) is 8.22. The van der Waals surface area contributed by atoms with Gasteiger partial charge in [-0.2, -0.15) is 0 Å². The number of fused-ring (bicyclic) bond motifs is 1. The van der Waals surface area contributed by atoms with E-state index in [9.17, 15) is 9.59 Å². The van der Waals surface area contributed by atoms with E-state index in [0.29, 0.717) is 16.9 Å². The zero-order chi connectivity index (χ0) is 18.4. The summed E-state index contributed by atoms with van der Waals surface area (Å²) in [5, 5.41) is 3.50. The van der Waals surface area contributed by atoms with Crippen molar-refractivity contribution < 1.29 is 23.5 Å². The van der Waals surface area contributed by atoms with Crippen molar-refractivity contribution >= 4 is 22.8 Å². The van der Waals surface area contributed by atoms with Gasteiger partial charge in [0.15, 0.2) is 5.76 Å². The Bertz CT molecular complexity index is 901. The van der Waals surface area contributed by atoms with Crippen LogP contribution < -0.4 is 10.1 Å². The lowest BCUT2D eigenvalue weighted by Crippen LogP contribution is -2.27. The Kier molecular flexibility index (Phi) is 5.53. The largest absolute Gasteiger partial charge is 0.489 e. The number of hydrogen-bond acceptors (Lipinski definition) is 5. The number of carbonyl (C=O) groups excluding carboxylic acids is 2. The molecule has 0 fully saturated rings. The predicted octanol–water partition coefficient (Wildman–Crippen LogP) is 3.30. The Balaban J connectivity index is 1.80. The Morgan fingerprint density at radius 1 is 1.04 bits per heavy atom. The zero-order valence-corrected chi connectivity index (χ0v) is 14.4. The van der Waals surface area contributed by atoms with Crippen molar-refractivity contribution in [2.75, 3.05) is 13.7 Å². The van der Waals surface area contributed by atoms with Gasteiger partial charge in [-0.1, -0.05) is 36.4 Å². The second-order valence-corrected chi connectivity index (χ2v) is 5.59. The SMILES string of the molecule is COC(=O)CCNC(=O)c1oc2ccccc2c1COc1ccccc1. The Hall–Kier alpha value is -3.28.